The Balaban J connectivity index is 1.63. The van der Waals surface area contributed by atoms with E-state index in [0.717, 1.165) is 34.4 Å². The van der Waals surface area contributed by atoms with Gasteiger partial charge in [0.2, 0.25) is 0 Å². The molecule has 19 heavy (non-hydrogen) atoms. The van der Waals surface area contributed by atoms with Crippen LogP contribution in [0.5, 0.6) is 0 Å². The molecule has 0 atom stereocenters. The maximum Gasteiger partial charge on any atom is 0.0462 e. The lowest BCUT2D eigenvalue weighted by atomic mass is 10.1. The van der Waals surface area contributed by atoms with Crippen LogP contribution in [-0.2, 0) is 19.4 Å². The quantitative estimate of drug-likeness (QED) is 0.878. The average Bonchev–Trinajstić information content (AvgIpc) is 2.80. The molecule has 0 heterocycles. The summed E-state index contributed by atoms with van der Waals surface area (Å²) in [6.45, 7) is 0.824. The number of nitrogens with one attached hydrogen (secondary N) is 1. The van der Waals surface area contributed by atoms with Crippen molar-refractivity contribution in [2.24, 2.45) is 0 Å². The fraction of sp³-hybridized carbons (Fsp3) is 0.250. The molecule has 0 fully saturated rings. The Morgan fingerprint density at radius 2 is 1.79 bits per heavy atom. The molecule has 0 saturated carbocycles. The second kappa shape index (κ2) is 5.66. The Labute approximate surface area is 127 Å². The largest absolute Gasteiger partial charge is 0.309 e. The zero-order valence-corrected chi connectivity index (χ0v) is 12.8. The van der Waals surface area contributed by atoms with Gasteiger partial charge in [0.25, 0.3) is 0 Å². The van der Waals surface area contributed by atoms with E-state index in [0.29, 0.717) is 6.04 Å². The van der Waals surface area contributed by atoms with Crippen LogP contribution in [0.1, 0.15) is 16.7 Å². The van der Waals surface area contributed by atoms with Gasteiger partial charge in [-0.1, -0.05) is 57.9 Å². The van der Waals surface area contributed by atoms with Crippen molar-refractivity contribution in [2.75, 3.05) is 0 Å². The first-order valence-electron chi connectivity index (χ1n) is 6.46. The van der Waals surface area contributed by atoms with E-state index in [4.69, 9.17) is 11.6 Å². The molecule has 2 aromatic rings. The van der Waals surface area contributed by atoms with Crippen LogP contribution in [0.2, 0.25) is 5.02 Å². The lowest BCUT2D eigenvalue weighted by Gasteiger charge is -2.13. The third-order valence-corrected chi connectivity index (χ3v) is 4.49. The molecule has 2 aromatic carbocycles. The third kappa shape index (κ3) is 3.02. The molecule has 0 amide bonds. The van der Waals surface area contributed by atoms with Crippen molar-refractivity contribution >= 4 is 27.5 Å². The topological polar surface area (TPSA) is 12.0 Å². The van der Waals surface area contributed by atoms with Crippen LogP contribution < -0.4 is 5.32 Å². The maximum absolute atomic E-state index is 6.23. The van der Waals surface area contributed by atoms with E-state index in [1.165, 1.54) is 11.1 Å². The lowest BCUT2D eigenvalue weighted by Crippen LogP contribution is -2.29. The molecule has 0 aliphatic heterocycles. The van der Waals surface area contributed by atoms with Gasteiger partial charge >= 0.3 is 0 Å². The monoisotopic (exact) mass is 335 g/mol. The first-order valence-corrected chi connectivity index (χ1v) is 7.63. The van der Waals surface area contributed by atoms with Crippen molar-refractivity contribution in [2.45, 2.75) is 25.4 Å². The Kier molecular flexibility index (Phi) is 3.92. The average molecular weight is 337 g/mol. The van der Waals surface area contributed by atoms with Gasteiger partial charge in [-0.25, -0.2) is 0 Å². The lowest BCUT2D eigenvalue weighted by molar-refractivity contribution is 0.533. The highest BCUT2D eigenvalue weighted by atomic mass is 79.9. The van der Waals surface area contributed by atoms with E-state index in [1.54, 1.807) is 0 Å². The summed E-state index contributed by atoms with van der Waals surface area (Å²) in [5.74, 6) is 0. The smallest absolute Gasteiger partial charge is 0.0462 e. The number of fused-ring (bicyclic) bond motifs is 1. The minimum Gasteiger partial charge on any atom is -0.309 e. The van der Waals surface area contributed by atoms with Crippen molar-refractivity contribution in [3.05, 3.63) is 68.7 Å². The predicted octanol–water partition coefficient (Wildman–Crippen LogP) is 4.36. The predicted molar refractivity (Wildman–Crippen MR) is 83.6 cm³/mol. The number of hydrogen-bond donors (Lipinski definition) is 1. The summed E-state index contributed by atoms with van der Waals surface area (Å²) in [5.41, 5.74) is 4.10. The van der Waals surface area contributed by atoms with Crippen LogP contribution in [0.4, 0.5) is 0 Å². The molecule has 0 aromatic heterocycles. The summed E-state index contributed by atoms with van der Waals surface area (Å²) in [4.78, 5) is 0. The summed E-state index contributed by atoms with van der Waals surface area (Å²) < 4.78 is 1.02. The summed E-state index contributed by atoms with van der Waals surface area (Å²) in [5, 5.41) is 4.42. The second-order valence-electron chi connectivity index (χ2n) is 4.99. The Morgan fingerprint density at radius 1 is 1.11 bits per heavy atom. The Hall–Kier alpha value is -0.830. The summed E-state index contributed by atoms with van der Waals surface area (Å²) in [6.07, 6.45) is 2.23. The van der Waals surface area contributed by atoms with E-state index >= 15 is 0 Å². The van der Waals surface area contributed by atoms with Gasteiger partial charge in [-0.05, 0) is 41.7 Å². The van der Waals surface area contributed by atoms with Gasteiger partial charge in [0.05, 0.1) is 0 Å². The molecule has 0 saturated heterocycles. The Morgan fingerprint density at radius 3 is 2.42 bits per heavy atom. The minimum absolute atomic E-state index is 0.525. The van der Waals surface area contributed by atoms with E-state index in [-0.39, 0.29) is 0 Å². The van der Waals surface area contributed by atoms with Gasteiger partial charge < -0.3 is 5.32 Å². The number of halogens is 2. The van der Waals surface area contributed by atoms with Gasteiger partial charge in [-0.2, -0.15) is 0 Å². The van der Waals surface area contributed by atoms with Gasteiger partial charge in [0.15, 0.2) is 0 Å². The van der Waals surface area contributed by atoms with Crippen molar-refractivity contribution in [1.29, 1.82) is 0 Å². The molecule has 1 aliphatic rings. The number of hydrogen-bond acceptors (Lipinski definition) is 1. The molecule has 98 valence electrons. The Bertz CT molecular complexity index is 572. The third-order valence-electron chi connectivity index (χ3n) is 3.65. The summed E-state index contributed by atoms with van der Waals surface area (Å²) in [6, 6.07) is 15.3. The molecule has 1 aliphatic carbocycles. The van der Waals surface area contributed by atoms with Crippen LogP contribution in [-0.4, -0.2) is 6.04 Å². The molecule has 0 unspecified atom stereocenters. The molecule has 3 rings (SSSR count). The SMILES string of the molecule is Clc1cc(Br)ccc1CNC1Cc2ccccc2C1. The minimum atomic E-state index is 0.525. The normalized spacial score (nSPS) is 14.6. The van der Waals surface area contributed by atoms with E-state index in [1.807, 2.05) is 12.1 Å². The van der Waals surface area contributed by atoms with Crippen molar-refractivity contribution in [3.8, 4) is 0 Å². The van der Waals surface area contributed by atoms with Crippen molar-refractivity contribution in [3.63, 3.8) is 0 Å². The van der Waals surface area contributed by atoms with Crippen LogP contribution in [0.25, 0.3) is 0 Å². The molecule has 0 spiro atoms. The van der Waals surface area contributed by atoms with Gasteiger partial charge in [0, 0.05) is 22.1 Å². The zero-order valence-electron chi connectivity index (χ0n) is 10.5. The highest BCUT2D eigenvalue weighted by molar-refractivity contribution is 9.10. The number of rotatable bonds is 3. The highest BCUT2D eigenvalue weighted by Gasteiger charge is 2.20. The van der Waals surface area contributed by atoms with Crippen LogP contribution in [0.15, 0.2) is 46.9 Å². The van der Waals surface area contributed by atoms with Gasteiger partial charge in [-0.15, -0.1) is 0 Å². The van der Waals surface area contributed by atoms with E-state index in [9.17, 15) is 0 Å². The first kappa shape index (κ1) is 13.2. The van der Waals surface area contributed by atoms with E-state index in [2.05, 4.69) is 51.6 Å². The van der Waals surface area contributed by atoms with E-state index < -0.39 is 0 Å². The van der Waals surface area contributed by atoms with Crippen molar-refractivity contribution < 1.29 is 0 Å². The molecule has 1 nitrogen and oxygen atoms in total. The molecule has 1 N–H and O–H groups in total. The fourth-order valence-corrected chi connectivity index (χ4v) is 3.36. The van der Waals surface area contributed by atoms with Gasteiger partial charge in [0.1, 0.15) is 0 Å². The molecular weight excluding hydrogens is 322 g/mol. The zero-order chi connectivity index (χ0) is 13.2. The maximum atomic E-state index is 6.23. The molecular formula is C16H15BrClN. The second-order valence-corrected chi connectivity index (χ2v) is 6.31. The molecule has 0 bridgehead atoms. The molecule has 3 heteroatoms. The van der Waals surface area contributed by atoms with Gasteiger partial charge in [-0.3, -0.25) is 0 Å². The summed E-state index contributed by atoms with van der Waals surface area (Å²) >= 11 is 9.66. The fourth-order valence-electron chi connectivity index (χ4n) is 2.62. The van der Waals surface area contributed by atoms with Crippen LogP contribution in [0, 0.1) is 0 Å². The van der Waals surface area contributed by atoms with Crippen LogP contribution in [0.3, 0.4) is 0 Å². The molecule has 0 radical (unpaired) electrons. The van der Waals surface area contributed by atoms with Crippen LogP contribution >= 0.6 is 27.5 Å². The van der Waals surface area contributed by atoms with Crippen molar-refractivity contribution in [1.82, 2.24) is 5.32 Å². The summed E-state index contributed by atoms with van der Waals surface area (Å²) in [7, 11) is 0. The number of benzene rings is 2. The highest BCUT2D eigenvalue weighted by Crippen LogP contribution is 2.24. The first-order chi connectivity index (χ1) is 9.22. The standard InChI is InChI=1S/C16H15BrClN/c17-14-6-5-13(16(18)9-14)10-19-15-7-11-3-1-2-4-12(11)8-15/h1-6,9,15,19H,7-8,10H2.